The van der Waals surface area contributed by atoms with Gasteiger partial charge in [-0.25, -0.2) is 0 Å². The van der Waals surface area contributed by atoms with Gasteiger partial charge >= 0.3 is 0 Å². The zero-order valence-corrected chi connectivity index (χ0v) is 11.1. The van der Waals surface area contributed by atoms with E-state index in [9.17, 15) is 5.11 Å². The molecule has 0 fully saturated rings. The molecule has 1 aromatic heterocycles. The van der Waals surface area contributed by atoms with Gasteiger partial charge in [0, 0.05) is 17.3 Å². The summed E-state index contributed by atoms with van der Waals surface area (Å²) in [5, 5.41) is 22.8. The molecule has 0 saturated carbocycles. The van der Waals surface area contributed by atoms with E-state index in [1.54, 1.807) is 6.92 Å². The molecule has 0 aliphatic heterocycles. The molecule has 0 aliphatic rings. The lowest BCUT2D eigenvalue weighted by Crippen LogP contribution is -2.10. The Morgan fingerprint density at radius 3 is 3.00 bits per heavy atom. The average Bonchev–Trinajstić information content (AvgIpc) is 2.34. The molecule has 0 spiro atoms. The molecule has 1 rings (SSSR count). The molecule has 3 N–H and O–H groups in total. The molecule has 92 valence electrons. The van der Waals surface area contributed by atoms with Crippen molar-refractivity contribution in [3.8, 4) is 5.75 Å². The molecule has 0 unspecified atom stereocenters. The fraction of sp³-hybridized carbons (Fsp3) is 0.300. The smallest absolute Gasteiger partial charge is 0.153 e. The number of aliphatic hydroxyl groups excluding tert-OH is 1. The minimum Gasteiger partial charge on any atom is -0.505 e. The minimum atomic E-state index is -0.213. The number of hydrogen-bond donors (Lipinski definition) is 3. The molecule has 0 bridgehead atoms. The SMILES string of the molecule is CSC(=S)N/N=C\c1c(CO)cnc(C)c1O. The molecule has 0 aromatic carbocycles. The van der Waals surface area contributed by atoms with Crippen LogP contribution in [-0.4, -0.2) is 32.0 Å². The normalized spacial score (nSPS) is 10.8. The number of thiocarbonyl (C=S) groups is 1. The Labute approximate surface area is 109 Å². The summed E-state index contributed by atoms with van der Waals surface area (Å²) in [5.74, 6) is 0.0113. The molecule has 1 heterocycles. The predicted molar refractivity (Wildman–Crippen MR) is 73.4 cm³/mol. The van der Waals surface area contributed by atoms with Crippen LogP contribution in [0.25, 0.3) is 0 Å². The first kappa shape index (κ1) is 13.9. The number of aryl methyl sites for hydroxylation is 1. The third-order valence-electron chi connectivity index (χ3n) is 2.06. The Morgan fingerprint density at radius 2 is 2.41 bits per heavy atom. The maximum atomic E-state index is 9.80. The van der Waals surface area contributed by atoms with E-state index in [1.165, 1.54) is 24.2 Å². The van der Waals surface area contributed by atoms with Gasteiger partial charge in [-0.05, 0) is 13.2 Å². The molecule has 0 radical (unpaired) electrons. The van der Waals surface area contributed by atoms with Crippen molar-refractivity contribution in [1.82, 2.24) is 10.4 Å². The highest BCUT2D eigenvalue weighted by Gasteiger charge is 2.09. The largest absolute Gasteiger partial charge is 0.505 e. The summed E-state index contributed by atoms with van der Waals surface area (Å²) in [6.07, 6.45) is 4.75. The first-order valence-corrected chi connectivity index (χ1v) is 6.38. The van der Waals surface area contributed by atoms with Crippen LogP contribution in [-0.2, 0) is 6.61 Å². The van der Waals surface area contributed by atoms with E-state index in [0.29, 0.717) is 21.1 Å². The quantitative estimate of drug-likeness (QED) is 0.435. The van der Waals surface area contributed by atoms with Crippen LogP contribution < -0.4 is 5.43 Å². The van der Waals surface area contributed by atoms with E-state index in [1.807, 2.05) is 6.26 Å². The number of hydrazone groups is 1. The van der Waals surface area contributed by atoms with Gasteiger partial charge in [0.2, 0.25) is 0 Å². The number of nitrogens with one attached hydrogen (secondary N) is 1. The van der Waals surface area contributed by atoms with Crippen molar-refractivity contribution in [3.63, 3.8) is 0 Å². The second-order valence-corrected chi connectivity index (χ2v) is 4.63. The third-order valence-corrected chi connectivity index (χ3v) is 3.12. The summed E-state index contributed by atoms with van der Waals surface area (Å²) in [4.78, 5) is 3.95. The van der Waals surface area contributed by atoms with Crippen LogP contribution in [0.3, 0.4) is 0 Å². The van der Waals surface area contributed by atoms with E-state index in [4.69, 9.17) is 17.3 Å². The summed E-state index contributed by atoms with van der Waals surface area (Å²) in [6.45, 7) is 1.46. The molecule has 5 nitrogen and oxygen atoms in total. The number of aliphatic hydroxyl groups is 1. The third kappa shape index (κ3) is 3.65. The van der Waals surface area contributed by atoms with Gasteiger partial charge in [-0.15, -0.1) is 0 Å². The second-order valence-electron chi connectivity index (χ2n) is 3.15. The van der Waals surface area contributed by atoms with E-state index in [-0.39, 0.29) is 12.4 Å². The average molecular weight is 271 g/mol. The van der Waals surface area contributed by atoms with Crippen LogP contribution in [0, 0.1) is 6.92 Å². The number of thioether (sulfide) groups is 1. The van der Waals surface area contributed by atoms with Gasteiger partial charge in [0.15, 0.2) is 4.32 Å². The van der Waals surface area contributed by atoms with Gasteiger partial charge in [-0.1, -0.05) is 24.0 Å². The Hall–Kier alpha value is -1.18. The first-order valence-electron chi connectivity index (χ1n) is 4.75. The van der Waals surface area contributed by atoms with Crippen LogP contribution in [0.1, 0.15) is 16.8 Å². The van der Waals surface area contributed by atoms with Crippen molar-refractivity contribution >= 4 is 34.5 Å². The highest BCUT2D eigenvalue weighted by Crippen LogP contribution is 2.21. The monoisotopic (exact) mass is 271 g/mol. The van der Waals surface area contributed by atoms with Crippen molar-refractivity contribution in [2.24, 2.45) is 5.10 Å². The molecule has 1 aromatic rings. The molecular weight excluding hydrogens is 258 g/mol. The molecule has 0 aliphatic carbocycles. The molecule has 0 amide bonds. The molecule has 0 atom stereocenters. The lowest BCUT2D eigenvalue weighted by Gasteiger charge is -2.07. The fourth-order valence-electron chi connectivity index (χ4n) is 1.12. The van der Waals surface area contributed by atoms with Gasteiger partial charge in [0.25, 0.3) is 0 Å². The number of hydrogen-bond acceptors (Lipinski definition) is 6. The van der Waals surface area contributed by atoms with Gasteiger partial charge in [-0.3, -0.25) is 10.4 Å². The molecule has 0 saturated heterocycles. The zero-order chi connectivity index (χ0) is 12.8. The van der Waals surface area contributed by atoms with Gasteiger partial charge in [0.1, 0.15) is 5.75 Å². The van der Waals surface area contributed by atoms with Gasteiger partial charge < -0.3 is 10.2 Å². The zero-order valence-electron chi connectivity index (χ0n) is 9.47. The maximum absolute atomic E-state index is 9.80. The second kappa shape index (κ2) is 6.53. The minimum absolute atomic E-state index is 0.0113. The highest BCUT2D eigenvalue weighted by atomic mass is 32.2. The number of aromatic nitrogens is 1. The predicted octanol–water partition coefficient (Wildman–Crippen LogP) is 1.16. The molecule has 17 heavy (non-hydrogen) atoms. The molecule has 7 heteroatoms. The van der Waals surface area contributed by atoms with E-state index in [2.05, 4.69) is 15.5 Å². The first-order chi connectivity index (χ1) is 8.10. The Kier molecular flexibility index (Phi) is 5.33. The summed E-state index contributed by atoms with van der Waals surface area (Å²) in [5.41, 5.74) is 4.06. The Morgan fingerprint density at radius 1 is 1.71 bits per heavy atom. The Bertz CT molecular complexity index is 449. The molecular formula is C10H13N3O2S2. The van der Waals surface area contributed by atoms with Crippen LogP contribution in [0.2, 0.25) is 0 Å². The van der Waals surface area contributed by atoms with E-state index < -0.39 is 0 Å². The summed E-state index contributed by atoms with van der Waals surface area (Å²) >= 11 is 6.26. The standard InChI is InChI=1S/C10H13N3O2S2/c1-6-9(15)8(7(5-14)3-11-6)4-12-13-10(16)17-2/h3-4,14-15H,5H2,1-2H3,(H,13,16)/b12-4-. The number of pyridine rings is 1. The van der Waals surface area contributed by atoms with Crippen LogP contribution in [0.4, 0.5) is 0 Å². The summed E-state index contributed by atoms with van der Waals surface area (Å²) in [7, 11) is 0. The Balaban J connectivity index is 2.96. The van der Waals surface area contributed by atoms with Crippen LogP contribution in [0.5, 0.6) is 5.75 Å². The van der Waals surface area contributed by atoms with Crippen LogP contribution in [0.15, 0.2) is 11.3 Å². The van der Waals surface area contributed by atoms with E-state index >= 15 is 0 Å². The topological polar surface area (TPSA) is 77.7 Å². The van der Waals surface area contributed by atoms with Crippen molar-refractivity contribution in [2.75, 3.05) is 6.26 Å². The van der Waals surface area contributed by atoms with Crippen molar-refractivity contribution in [3.05, 3.63) is 23.0 Å². The summed E-state index contributed by atoms with van der Waals surface area (Å²) in [6, 6.07) is 0. The number of nitrogens with zero attached hydrogens (tertiary/aromatic N) is 2. The number of aromatic hydroxyl groups is 1. The van der Waals surface area contributed by atoms with Crippen molar-refractivity contribution in [2.45, 2.75) is 13.5 Å². The lowest BCUT2D eigenvalue weighted by molar-refractivity contribution is 0.280. The number of rotatable bonds is 3. The summed E-state index contributed by atoms with van der Waals surface area (Å²) < 4.78 is 0.525. The highest BCUT2D eigenvalue weighted by molar-refractivity contribution is 8.22. The van der Waals surface area contributed by atoms with Crippen molar-refractivity contribution in [1.29, 1.82) is 0 Å². The van der Waals surface area contributed by atoms with E-state index in [0.717, 1.165) is 0 Å². The van der Waals surface area contributed by atoms with Crippen LogP contribution >= 0.6 is 24.0 Å². The lowest BCUT2D eigenvalue weighted by atomic mass is 10.1. The van der Waals surface area contributed by atoms with Gasteiger partial charge in [0.05, 0.1) is 18.5 Å². The van der Waals surface area contributed by atoms with Gasteiger partial charge in [-0.2, -0.15) is 5.10 Å². The maximum Gasteiger partial charge on any atom is 0.153 e. The fourth-order valence-corrected chi connectivity index (χ4v) is 1.31. The van der Waals surface area contributed by atoms with Crippen molar-refractivity contribution < 1.29 is 10.2 Å².